The van der Waals surface area contributed by atoms with E-state index in [0.29, 0.717) is 0 Å². The number of para-hydroxylation sites is 1. The second-order valence-electron chi connectivity index (χ2n) is 4.36. The van der Waals surface area contributed by atoms with Crippen molar-refractivity contribution in [2.24, 2.45) is 4.99 Å². The molecule has 0 saturated heterocycles. The zero-order valence-electron chi connectivity index (χ0n) is 10.2. The van der Waals surface area contributed by atoms with Crippen LogP contribution in [-0.4, -0.2) is 5.71 Å². The summed E-state index contributed by atoms with van der Waals surface area (Å²) in [6.45, 7) is 4.48. The van der Waals surface area contributed by atoms with Gasteiger partial charge in [0.25, 0.3) is 0 Å². The molecule has 0 spiro atoms. The van der Waals surface area contributed by atoms with Crippen LogP contribution in [0.3, 0.4) is 0 Å². The minimum atomic E-state index is 1.08. The SMILES string of the molecule is CCC1=C(C)CCCC1=Nc1ccccc1. The Bertz CT molecular complexity index is 412. The Balaban J connectivity index is 2.33. The Morgan fingerprint density at radius 2 is 1.88 bits per heavy atom. The van der Waals surface area contributed by atoms with Crippen LogP contribution in [0.25, 0.3) is 0 Å². The average molecular weight is 213 g/mol. The van der Waals surface area contributed by atoms with Crippen LogP contribution < -0.4 is 0 Å². The maximum Gasteiger partial charge on any atom is 0.0633 e. The molecule has 0 radical (unpaired) electrons. The fraction of sp³-hybridized carbons (Fsp3) is 0.400. The van der Waals surface area contributed by atoms with Crippen LogP contribution in [0, 0.1) is 0 Å². The second-order valence-corrected chi connectivity index (χ2v) is 4.36. The van der Waals surface area contributed by atoms with E-state index in [9.17, 15) is 0 Å². The van der Waals surface area contributed by atoms with Gasteiger partial charge in [0.1, 0.15) is 0 Å². The van der Waals surface area contributed by atoms with Crippen LogP contribution in [0.5, 0.6) is 0 Å². The Morgan fingerprint density at radius 3 is 2.56 bits per heavy atom. The van der Waals surface area contributed by atoms with E-state index in [1.165, 1.54) is 29.7 Å². The minimum Gasteiger partial charge on any atom is -0.253 e. The summed E-state index contributed by atoms with van der Waals surface area (Å²) in [7, 11) is 0. The van der Waals surface area contributed by atoms with Crippen molar-refractivity contribution in [1.82, 2.24) is 0 Å². The fourth-order valence-electron chi connectivity index (χ4n) is 2.36. The van der Waals surface area contributed by atoms with E-state index in [4.69, 9.17) is 4.99 Å². The topological polar surface area (TPSA) is 12.4 Å². The van der Waals surface area contributed by atoms with Crippen molar-refractivity contribution in [3.8, 4) is 0 Å². The van der Waals surface area contributed by atoms with Gasteiger partial charge in [0.05, 0.1) is 5.69 Å². The van der Waals surface area contributed by atoms with E-state index >= 15 is 0 Å². The third-order valence-corrected chi connectivity index (χ3v) is 3.20. The van der Waals surface area contributed by atoms with Crippen LogP contribution in [-0.2, 0) is 0 Å². The number of benzene rings is 1. The molecule has 0 unspecified atom stereocenters. The van der Waals surface area contributed by atoms with Gasteiger partial charge < -0.3 is 0 Å². The van der Waals surface area contributed by atoms with Gasteiger partial charge >= 0.3 is 0 Å². The first-order valence-electron chi connectivity index (χ1n) is 6.13. The van der Waals surface area contributed by atoms with E-state index in [1.807, 2.05) is 18.2 Å². The maximum atomic E-state index is 4.78. The van der Waals surface area contributed by atoms with Crippen molar-refractivity contribution < 1.29 is 0 Å². The molecule has 0 amide bonds. The van der Waals surface area contributed by atoms with Crippen LogP contribution in [0.2, 0.25) is 0 Å². The van der Waals surface area contributed by atoms with E-state index in [1.54, 1.807) is 0 Å². The maximum absolute atomic E-state index is 4.78. The lowest BCUT2D eigenvalue weighted by atomic mass is 9.89. The minimum absolute atomic E-state index is 1.08. The van der Waals surface area contributed by atoms with Gasteiger partial charge in [-0.05, 0) is 50.3 Å². The largest absolute Gasteiger partial charge is 0.253 e. The molecular formula is C15H19N. The van der Waals surface area contributed by atoms with Gasteiger partial charge in [-0.25, -0.2) is 0 Å². The van der Waals surface area contributed by atoms with E-state index < -0.39 is 0 Å². The number of allylic oxidation sites excluding steroid dienone is 2. The molecule has 84 valence electrons. The Labute approximate surface area is 97.9 Å². The number of hydrogen-bond donors (Lipinski definition) is 0. The molecule has 1 aromatic rings. The number of aliphatic imine (C=N–C) groups is 1. The van der Waals surface area contributed by atoms with Gasteiger partial charge in [0, 0.05) is 5.71 Å². The van der Waals surface area contributed by atoms with Crippen molar-refractivity contribution >= 4 is 11.4 Å². The Hall–Kier alpha value is -1.37. The summed E-state index contributed by atoms with van der Waals surface area (Å²) in [5.41, 5.74) is 5.40. The zero-order chi connectivity index (χ0) is 11.4. The quantitative estimate of drug-likeness (QED) is 0.677. The first-order chi connectivity index (χ1) is 7.81. The molecule has 0 N–H and O–H groups in total. The summed E-state index contributed by atoms with van der Waals surface area (Å²) in [6.07, 6.45) is 4.74. The van der Waals surface area contributed by atoms with Crippen LogP contribution >= 0.6 is 0 Å². The Kier molecular flexibility index (Phi) is 3.55. The lowest BCUT2D eigenvalue weighted by Crippen LogP contribution is -2.10. The van der Waals surface area contributed by atoms with Gasteiger partial charge in [0.2, 0.25) is 0 Å². The molecular weight excluding hydrogens is 194 g/mol. The monoisotopic (exact) mass is 213 g/mol. The fourth-order valence-corrected chi connectivity index (χ4v) is 2.36. The first-order valence-corrected chi connectivity index (χ1v) is 6.13. The van der Waals surface area contributed by atoms with E-state index in [0.717, 1.165) is 18.5 Å². The highest BCUT2D eigenvalue weighted by atomic mass is 14.7. The smallest absolute Gasteiger partial charge is 0.0633 e. The van der Waals surface area contributed by atoms with Gasteiger partial charge in [-0.3, -0.25) is 4.99 Å². The molecule has 0 aliphatic heterocycles. The molecule has 0 atom stereocenters. The molecule has 1 nitrogen and oxygen atoms in total. The van der Waals surface area contributed by atoms with Crippen molar-refractivity contribution in [2.75, 3.05) is 0 Å². The van der Waals surface area contributed by atoms with Crippen molar-refractivity contribution in [3.05, 3.63) is 41.5 Å². The standard InChI is InChI=1S/C15H19N/c1-3-14-12(2)8-7-11-15(14)16-13-9-5-4-6-10-13/h4-6,9-10H,3,7-8,11H2,1-2H3. The predicted molar refractivity (Wildman–Crippen MR) is 70.4 cm³/mol. The van der Waals surface area contributed by atoms with Gasteiger partial charge in [-0.2, -0.15) is 0 Å². The molecule has 0 saturated carbocycles. The van der Waals surface area contributed by atoms with Gasteiger partial charge in [0.15, 0.2) is 0 Å². The Morgan fingerprint density at radius 1 is 1.12 bits per heavy atom. The number of rotatable bonds is 2. The molecule has 0 aromatic heterocycles. The van der Waals surface area contributed by atoms with Crippen LogP contribution in [0.15, 0.2) is 46.5 Å². The third-order valence-electron chi connectivity index (χ3n) is 3.20. The summed E-state index contributed by atoms with van der Waals surface area (Å²) in [6, 6.07) is 10.3. The zero-order valence-corrected chi connectivity index (χ0v) is 10.2. The highest BCUT2D eigenvalue weighted by Gasteiger charge is 2.14. The summed E-state index contributed by atoms with van der Waals surface area (Å²) < 4.78 is 0. The summed E-state index contributed by atoms with van der Waals surface area (Å²) in [4.78, 5) is 4.78. The number of nitrogens with zero attached hydrogens (tertiary/aromatic N) is 1. The highest BCUT2D eigenvalue weighted by molar-refractivity contribution is 6.02. The summed E-state index contributed by atoms with van der Waals surface area (Å²) in [5.74, 6) is 0. The molecule has 1 aliphatic rings. The average Bonchev–Trinajstić information content (AvgIpc) is 2.31. The first kappa shape index (κ1) is 11.1. The molecule has 2 rings (SSSR count). The number of hydrogen-bond acceptors (Lipinski definition) is 1. The lowest BCUT2D eigenvalue weighted by molar-refractivity contribution is 0.808. The normalized spacial score (nSPS) is 19.2. The highest BCUT2D eigenvalue weighted by Crippen LogP contribution is 2.26. The molecule has 1 aliphatic carbocycles. The molecule has 1 heteroatoms. The van der Waals surface area contributed by atoms with Crippen molar-refractivity contribution in [2.45, 2.75) is 39.5 Å². The molecule has 1 aromatic carbocycles. The summed E-state index contributed by atoms with van der Waals surface area (Å²) >= 11 is 0. The third kappa shape index (κ3) is 2.41. The van der Waals surface area contributed by atoms with Crippen LogP contribution in [0.4, 0.5) is 5.69 Å². The van der Waals surface area contributed by atoms with Crippen molar-refractivity contribution in [1.29, 1.82) is 0 Å². The van der Waals surface area contributed by atoms with Crippen molar-refractivity contribution in [3.63, 3.8) is 0 Å². The van der Waals surface area contributed by atoms with E-state index in [2.05, 4.69) is 26.0 Å². The summed E-state index contributed by atoms with van der Waals surface area (Å²) in [5, 5.41) is 0. The predicted octanol–water partition coefficient (Wildman–Crippen LogP) is 4.67. The lowest BCUT2D eigenvalue weighted by Gasteiger charge is -2.19. The molecule has 0 bridgehead atoms. The van der Waals surface area contributed by atoms with E-state index in [-0.39, 0.29) is 0 Å². The van der Waals surface area contributed by atoms with Gasteiger partial charge in [-0.1, -0.05) is 30.7 Å². The van der Waals surface area contributed by atoms with Crippen LogP contribution in [0.1, 0.15) is 39.5 Å². The second kappa shape index (κ2) is 5.11. The van der Waals surface area contributed by atoms with Gasteiger partial charge in [-0.15, -0.1) is 0 Å². The molecule has 0 fully saturated rings. The molecule has 16 heavy (non-hydrogen) atoms. The molecule has 0 heterocycles.